The molecular weight excluding hydrogens is 386 g/mol. The normalized spacial score (nSPS) is 12.4. The minimum Gasteiger partial charge on any atom is -0.465 e. The Hall–Kier alpha value is -2.98. The number of aliphatic hydroxyl groups is 1. The number of nitrogens with one attached hydrogen (secondary N) is 2. The number of ether oxygens (including phenoxy) is 1. The summed E-state index contributed by atoms with van der Waals surface area (Å²) in [6.45, 7) is -0.0334. The average molecular weight is 405 g/mol. The summed E-state index contributed by atoms with van der Waals surface area (Å²) in [4.78, 5) is 36.6. The van der Waals surface area contributed by atoms with Crippen LogP contribution >= 0.6 is 11.3 Å². The molecule has 0 atom stereocenters. The summed E-state index contributed by atoms with van der Waals surface area (Å²) in [6, 6.07) is 4.02. The zero-order chi connectivity index (χ0) is 20.3. The van der Waals surface area contributed by atoms with Gasteiger partial charge in [0.15, 0.2) is 0 Å². The van der Waals surface area contributed by atoms with Crippen LogP contribution in [0, 0.1) is 10.1 Å². The molecule has 2 aromatic rings. The van der Waals surface area contributed by atoms with Crippen LogP contribution in [0.5, 0.6) is 0 Å². The van der Waals surface area contributed by atoms with Gasteiger partial charge in [-0.25, -0.2) is 4.79 Å². The lowest BCUT2D eigenvalue weighted by Crippen LogP contribution is -2.15. The van der Waals surface area contributed by atoms with Crippen molar-refractivity contribution in [3.8, 4) is 0 Å². The highest BCUT2D eigenvalue weighted by Gasteiger charge is 2.28. The van der Waals surface area contributed by atoms with Gasteiger partial charge in [0.2, 0.25) is 0 Å². The van der Waals surface area contributed by atoms with Crippen molar-refractivity contribution in [3.63, 3.8) is 0 Å². The molecule has 0 aliphatic heterocycles. The second kappa shape index (κ2) is 8.36. The standard InChI is InChI=1S/C18H19N3O6S/c1-27-18(24)15-11-3-2-4-14(11)28-17(15)20-16(23)10-5-6-12(19-7-8-22)13(9-10)21(25)26/h5-6,9,19,22H,2-4,7-8H2,1H3,(H,20,23). The van der Waals surface area contributed by atoms with Gasteiger partial charge in [-0.1, -0.05) is 0 Å². The van der Waals surface area contributed by atoms with Gasteiger partial charge in [-0.2, -0.15) is 0 Å². The molecule has 148 valence electrons. The number of nitro benzene ring substituents is 1. The van der Waals surface area contributed by atoms with Gasteiger partial charge in [0, 0.05) is 23.1 Å². The lowest BCUT2D eigenvalue weighted by atomic mass is 10.1. The summed E-state index contributed by atoms with van der Waals surface area (Å²) in [5.74, 6) is -1.06. The molecule has 1 amide bonds. The number of nitrogens with zero attached hydrogens (tertiary/aromatic N) is 1. The number of anilines is 2. The molecule has 0 spiro atoms. The number of hydrogen-bond donors (Lipinski definition) is 3. The van der Waals surface area contributed by atoms with Gasteiger partial charge in [-0.05, 0) is 37.0 Å². The molecule has 1 heterocycles. The third kappa shape index (κ3) is 3.82. The molecule has 0 saturated carbocycles. The van der Waals surface area contributed by atoms with Crippen molar-refractivity contribution < 1.29 is 24.4 Å². The molecule has 9 nitrogen and oxygen atoms in total. The molecule has 28 heavy (non-hydrogen) atoms. The van der Waals surface area contributed by atoms with Gasteiger partial charge in [0.25, 0.3) is 11.6 Å². The number of carbonyl (C=O) groups excluding carboxylic acids is 2. The van der Waals surface area contributed by atoms with Gasteiger partial charge in [-0.3, -0.25) is 14.9 Å². The Morgan fingerprint density at radius 3 is 2.82 bits per heavy atom. The summed E-state index contributed by atoms with van der Waals surface area (Å²) >= 11 is 1.33. The maximum absolute atomic E-state index is 12.7. The summed E-state index contributed by atoms with van der Waals surface area (Å²) in [7, 11) is 1.29. The van der Waals surface area contributed by atoms with Crippen LogP contribution in [0.4, 0.5) is 16.4 Å². The second-order valence-corrected chi connectivity index (χ2v) is 7.25. The number of fused-ring (bicyclic) bond motifs is 1. The Morgan fingerprint density at radius 2 is 2.14 bits per heavy atom. The van der Waals surface area contributed by atoms with Crippen molar-refractivity contribution in [2.24, 2.45) is 0 Å². The topological polar surface area (TPSA) is 131 Å². The molecule has 1 aliphatic rings. The number of carbonyl (C=O) groups is 2. The van der Waals surface area contributed by atoms with Crippen LogP contribution in [-0.4, -0.2) is 42.2 Å². The van der Waals surface area contributed by atoms with E-state index >= 15 is 0 Å². The lowest BCUT2D eigenvalue weighted by Gasteiger charge is -2.09. The van der Waals surface area contributed by atoms with Crippen LogP contribution in [0.15, 0.2) is 18.2 Å². The van der Waals surface area contributed by atoms with E-state index in [0.29, 0.717) is 10.6 Å². The zero-order valence-electron chi connectivity index (χ0n) is 15.1. The van der Waals surface area contributed by atoms with Gasteiger partial charge in [0.1, 0.15) is 10.7 Å². The zero-order valence-corrected chi connectivity index (χ0v) is 15.9. The first-order valence-corrected chi connectivity index (χ1v) is 9.45. The molecule has 1 aromatic heterocycles. The summed E-state index contributed by atoms with van der Waals surface area (Å²) < 4.78 is 4.85. The number of aliphatic hydroxyl groups excluding tert-OH is 1. The molecule has 1 aromatic carbocycles. The molecule has 10 heteroatoms. The Kier molecular flexibility index (Phi) is 5.90. The summed E-state index contributed by atoms with van der Waals surface area (Å²) in [6.07, 6.45) is 2.55. The Balaban J connectivity index is 1.89. The highest BCUT2D eigenvalue weighted by Crippen LogP contribution is 2.39. The number of benzene rings is 1. The molecule has 3 rings (SSSR count). The monoisotopic (exact) mass is 405 g/mol. The van der Waals surface area contributed by atoms with Crippen molar-refractivity contribution in [3.05, 3.63) is 49.9 Å². The van der Waals surface area contributed by atoms with E-state index in [1.807, 2.05) is 0 Å². The number of nitro groups is 1. The highest BCUT2D eigenvalue weighted by molar-refractivity contribution is 7.17. The van der Waals surface area contributed by atoms with E-state index in [1.54, 1.807) is 0 Å². The van der Waals surface area contributed by atoms with Gasteiger partial charge >= 0.3 is 5.97 Å². The molecule has 0 fully saturated rings. The number of aryl methyl sites for hydroxylation is 1. The van der Waals surface area contributed by atoms with Crippen LogP contribution in [0.2, 0.25) is 0 Å². The third-order valence-corrected chi connectivity index (χ3v) is 5.63. The van der Waals surface area contributed by atoms with E-state index in [-0.39, 0.29) is 30.1 Å². The van der Waals surface area contributed by atoms with Crippen molar-refractivity contribution >= 4 is 39.6 Å². The van der Waals surface area contributed by atoms with Crippen LogP contribution in [0.3, 0.4) is 0 Å². The van der Waals surface area contributed by atoms with Crippen LogP contribution in [0.25, 0.3) is 0 Å². The van der Waals surface area contributed by atoms with Gasteiger partial charge in [-0.15, -0.1) is 11.3 Å². The van der Waals surface area contributed by atoms with E-state index in [0.717, 1.165) is 35.8 Å². The Morgan fingerprint density at radius 1 is 1.36 bits per heavy atom. The average Bonchev–Trinajstić information content (AvgIpc) is 3.26. The lowest BCUT2D eigenvalue weighted by molar-refractivity contribution is -0.384. The second-order valence-electron chi connectivity index (χ2n) is 6.15. The minimum absolute atomic E-state index is 0.0885. The van der Waals surface area contributed by atoms with Crippen molar-refractivity contribution in [1.82, 2.24) is 0 Å². The van der Waals surface area contributed by atoms with E-state index in [9.17, 15) is 19.7 Å². The summed E-state index contributed by atoms with van der Waals surface area (Å²) in [5, 5.41) is 26.0. The fraction of sp³-hybridized carbons (Fsp3) is 0.333. The molecular formula is C18H19N3O6S. The van der Waals surface area contributed by atoms with E-state index < -0.39 is 16.8 Å². The van der Waals surface area contributed by atoms with Crippen molar-refractivity contribution in [2.45, 2.75) is 19.3 Å². The summed E-state index contributed by atoms with van der Waals surface area (Å²) in [5.41, 5.74) is 1.29. The maximum Gasteiger partial charge on any atom is 0.341 e. The highest BCUT2D eigenvalue weighted by atomic mass is 32.1. The molecule has 3 N–H and O–H groups in total. The predicted molar refractivity (Wildman–Crippen MR) is 104 cm³/mol. The smallest absolute Gasteiger partial charge is 0.341 e. The Bertz CT molecular complexity index is 940. The fourth-order valence-electron chi connectivity index (χ4n) is 3.15. The van der Waals surface area contributed by atoms with Crippen LogP contribution < -0.4 is 10.6 Å². The maximum atomic E-state index is 12.7. The molecule has 0 saturated heterocycles. The number of hydrogen-bond acceptors (Lipinski definition) is 8. The first-order chi connectivity index (χ1) is 13.5. The fourth-order valence-corrected chi connectivity index (χ4v) is 4.42. The number of esters is 1. The first kappa shape index (κ1) is 19.8. The molecule has 0 bridgehead atoms. The molecule has 0 unspecified atom stereocenters. The van der Waals surface area contributed by atoms with E-state index in [4.69, 9.17) is 9.84 Å². The van der Waals surface area contributed by atoms with Crippen LogP contribution in [0.1, 0.15) is 37.6 Å². The number of methoxy groups -OCH3 is 1. The predicted octanol–water partition coefficient (Wildman–Crippen LogP) is 2.59. The third-order valence-electron chi connectivity index (χ3n) is 4.42. The van der Waals surface area contributed by atoms with Crippen LogP contribution in [-0.2, 0) is 17.6 Å². The first-order valence-electron chi connectivity index (χ1n) is 8.63. The quantitative estimate of drug-likeness (QED) is 0.366. The molecule has 0 radical (unpaired) electrons. The van der Waals surface area contributed by atoms with Gasteiger partial charge in [0.05, 0.1) is 24.2 Å². The van der Waals surface area contributed by atoms with Gasteiger partial charge < -0.3 is 20.5 Å². The Labute approximate surface area is 164 Å². The van der Waals surface area contributed by atoms with E-state index in [2.05, 4.69) is 10.6 Å². The van der Waals surface area contributed by atoms with E-state index in [1.165, 1.54) is 30.6 Å². The van der Waals surface area contributed by atoms with Crippen molar-refractivity contribution in [1.29, 1.82) is 0 Å². The molecule has 1 aliphatic carbocycles. The number of amides is 1. The number of thiophene rings is 1. The minimum atomic E-state index is -0.601. The SMILES string of the molecule is COC(=O)c1c(NC(=O)c2ccc(NCCO)c([N+](=O)[O-])c2)sc2c1CCC2. The largest absolute Gasteiger partial charge is 0.465 e. The van der Waals surface area contributed by atoms with Crippen molar-refractivity contribution in [2.75, 3.05) is 30.9 Å². The number of rotatable bonds is 7.